The fraction of sp³-hybridized carbons (Fsp3) is 0.136. The van der Waals surface area contributed by atoms with E-state index in [4.69, 9.17) is 9.47 Å². The minimum atomic E-state index is -0.384. The monoisotopic (exact) mass is 379 g/mol. The van der Waals surface area contributed by atoms with E-state index in [-0.39, 0.29) is 11.2 Å². The molecule has 3 rings (SSSR count). The van der Waals surface area contributed by atoms with Crippen LogP contribution in [0.25, 0.3) is 0 Å². The molecule has 0 saturated carbocycles. The van der Waals surface area contributed by atoms with Gasteiger partial charge in [0.15, 0.2) is 0 Å². The average molecular weight is 379 g/mol. The first-order valence-corrected chi connectivity index (χ1v) is 9.38. The standard InChI is InChI=1S/C22H21NO3S/c1-25-18-13-17(14-19(15-18)26-2)23-22(24)21(16-9-5-3-6-10-16)27-20-11-7-4-8-12-20/h3-15,21H,1-2H3,(H,23,24). The number of ether oxygens (including phenoxy) is 2. The molecule has 0 radical (unpaired) electrons. The van der Waals surface area contributed by atoms with E-state index in [1.807, 2.05) is 60.7 Å². The fourth-order valence-electron chi connectivity index (χ4n) is 2.62. The lowest BCUT2D eigenvalue weighted by molar-refractivity contribution is -0.115. The van der Waals surface area contributed by atoms with Gasteiger partial charge in [-0.25, -0.2) is 0 Å². The molecular formula is C22H21NO3S. The highest BCUT2D eigenvalue weighted by Gasteiger charge is 2.22. The highest BCUT2D eigenvalue weighted by Crippen LogP contribution is 2.36. The Labute approximate surface area is 163 Å². The van der Waals surface area contributed by atoms with Crippen molar-refractivity contribution in [1.82, 2.24) is 0 Å². The molecular weight excluding hydrogens is 358 g/mol. The number of benzene rings is 3. The second-order valence-electron chi connectivity index (χ2n) is 5.81. The van der Waals surface area contributed by atoms with E-state index >= 15 is 0 Å². The van der Waals surface area contributed by atoms with Crippen LogP contribution in [-0.4, -0.2) is 20.1 Å². The van der Waals surface area contributed by atoms with Gasteiger partial charge in [0.25, 0.3) is 0 Å². The fourth-order valence-corrected chi connectivity index (χ4v) is 3.67. The maximum Gasteiger partial charge on any atom is 0.242 e. The zero-order valence-electron chi connectivity index (χ0n) is 15.2. The van der Waals surface area contributed by atoms with Crippen molar-refractivity contribution in [2.24, 2.45) is 0 Å². The lowest BCUT2D eigenvalue weighted by Crippen LogP contribution is -2.19. The molecule has 0 bridgehead atoms. The van der Waals surface area contributed by atoms with Crippen LogP contribution in [0.3, 0.4) is 0 Å². The minimum Gasteiger partial charge on any atom is -0.497 e. The number of thioether (sulfide) groups is 1. The summed E-state index contributed by atoms with van der Waals surface area (Å²) in [6, 6.07) is 25.0. The summed E-state index contributed by atoms with van der Waals surface area (Å²) in [6.07, 6.45) is 0. The van der Waals surface area contributed by atoms with Crippen LogP contribution in [0.2, 0.25) is 0 Å². The van der Waals surface area contributed by atoms with Gasteiger partial charge in [0.2, 0.25) is 5.91 Å². The molecule has 0 aliphatic carbocycles. The van der Waals surface area contributed by atoms with Gasteiger partial charge < -0.3 is 14.8 Å². The summed E-state index contributed by atoms with van der Waals surface area (Å²) in [7, 11) is 3.16. The van der Waals surface area contributed by atoms with Crippen molar-refractivity contribution in [3.8, 4) is 11.5 Å². The molecule has 1 unspecified atom stereocenters. The Morgan fingerprint density at radius 1 is 0.852 bits per heavy atom. The van der Waals surface area contributed by atoms with Gasteiger partial charge in [0.1, 0.15) is 16.7 Å². The number of anilines is 1. The Hall–Kier alpha value is -2.92. The lowest BCUT2D eigenvalue weighted by Gasteiger charge is -2.18. The van der Waals surface area contributed by atoms with Gasteiger partial charge in [-0.1, -0.05) is 48.5 Å². The van der Waals surface area contributed by atoms with Gasteiger partial charge in [-0.3, -0.25) is 4.79 Å². The normalized spacial score (nSPS) is 11.5. The molecule has 1 atom stereocenters. The molecule has 0 aromatic heterocycles. The molecule has 27 heavy (non-hydrogen) atoms. The number of rotatable bonds is 7. The Morgan fingerprint density at radius 2 is 1.41 bits per heavy atom. The Morgan fingerprint density at radius 3 is 1.96 bits per heavy atom. The van der Waals surface area contributed by atoms with Gasteiger partial charge in [0, 0.05) is 28.8 Å². The molecule has 0 aliphatic rings. The smallest absolute Gasteiger partial charge is 0.242 e. The van der Waals surface area contributed by atoms with E-state index in [0.717, 1.165) is 10.5 Å². The predicted molar refractivity (Wildman–Crippen MR) is 110 cm³/mol. The quantitative estimate of drug-likeness (QED) is 0.575. The number of hydrogen-bond acceptors (Lipinski definition) is 4. The van der Waals surface area contributed by atoms with E-state index < -0.39 is 0 Å². The van der Waals surface area contributed by atoms with Crippen molar-refractivity contribution in [3.63, 3.8) is 0 Å². The predicted octanol–water partition coefficient (Wildman–Crippen LogP) is 5.18. The number of methoxy groups -OCH3 is 2. The summed E-state index contributed by atoms with van der Waals surface area (Å²) >= 11 is 1.51. The van der Waals surface area contributed by atoms with E-state index in [2.05, 4.69) is 5.32 Å². The van der Waals surface area contributed by atoms with Crippen LogP contribution in [0.5, 0.6) is 11.5 Å². The summed E-state index contributed by atoms with van der Waals surface area (Å²) in [5, 5.41) is 2.61. The highest BCUT2D eigenvalue weighted by atomic mass is 32.2. The molecule has 0 heterocycles. The first-order valence-electron chi connectivity index (χ1n) is 8.50. The second-order valence-corrected chi connectivity index (χ2v) is 6.99. The maximum absolute atomic E-state index is 13.1. The molecule has 5 heteroatoms. The highest BCUT2D eigenvalue weighted by molar-refractivity contribution is 8.00. The van der Waals surface area contributed by atoms with Gasteiger partial charge in [-0.05, 0) is 17.7 Å². The number of carbonyl (C=O) groups is 1. The van der Waals surface area contributed by atoms with Crippen molar-refractivity contribution in [2.45, 2.75) is 10.1 Å². The third-order valence-corrected chi connectivity index (χ3v) is 5.22. The van der Waals surface area contributed by atoms with Gasteiger partial charge >= 0.3 is 0 Å². The van der Waals surface area contributed by atoms with Crippen molar-refractivity contribution < 1.29 is 14.3 Å². The summed E-state index contributed by atoms with van der Waals surface area (Å²) in [5.74, 6) is 1.14. The molecule has 0 aliphatic heterocycles. The third kappa shape index (κ3) is 5.05. The van der Waals surface area contributed by atoms with Crippen LogP contribution in [-0.2, 0) is 4.79 Å². The van der Waals surface area contributed by atoms with Crippen LogP contribution in [0.1, 0.15) is 10.8 Å². The first kappa shape index (κ1) is 18.9. The summed E-state index contributed by atoms with van der Waals surface area (Å²) in [5.41, 5.74) is 1.57. The first-order chi connectivity index (χ1) is 13.2. The molecule has 0 spiro atoms. The van der Waals surface area contributed by atoms with Gasteiger partial charge in [-0.2, -0.15) is 0 Å². The van der Waals surface area contributed by atoms with E-state index in [1.165, 1.54) is 11.8 Å². The van der Waals surface area contributed by atoms with Crippen molar-refractivity contribution in [3.05, 3.63) is 84.4 Å². The number of hydrogen-bond donors (Lipinski definition) is 1. The van der Waals surface area contributed by atoms with E-state index in [1.54, 1.807) is 32.4 Å². The molecule has 1 amide bonds. The van der Waals surface area contributed by atoms with Crippen molar-refractivity contribution in [1.29, 1.82) is 0 Å². The second kappa shape index (κ2) is 9.14. The summed E-state index contributed by atoms with van der Waals surface area (Å²) in [4.78, 5) is 14.1. The number of carbonyl (C=O) groups excluding carboxylic acids is 1. The zero-order valence-corrected chi connectivity index (χ0v) is 16.0. The number of amides is 1. The molecule has 4 nitrogen and oxygen atoms in total. The summed E-state index contributed by atoms with van der Waals surface area (Å²) < 4.78 is 10.6. The van der Waals surface area contributed by atoms with Crippen molar-refractivity contribution in [2.75, 3.05) is 19.5 Å². The molecule has 1 N–H and O–H groups in total. The van der Waals surface area contributed by atoms with E-state index in [0.29, 0.717) is 17.2 Å². The topological polar surface area (TPSA) is 47.6 Å². The van der Waals surface area contributed by atoms with Gasteiger partial charge in [-0.15, -0.1) is 11.8 Å². The number of nitrogens with one attached hydrogen (secondary N) is 1. The average Bonchev–Trinajstić information content (AvgIpc) is 2.73. The molecule has 3 aromatic carbocycles. The molecule has 138 valence electrons. The molecule has 0 fully saturated rings. The summed E-state index contributed by atoms with van der Waals surface area (Å²) in [6.45, 7) is 0. The zero-order chi connectivity index (χ0) is 19.1. The lowest BCUT2D eigenvalue weighted by atomic mass is 10.1. The molecule has 3 aromatic rings. The Balaban J connectivity index is 1.87. The van der Waals surface area contributed by atoms with Crippen LogP contribution < -0.4 is 14.8 Å². The Bertz CT molecular complexity index is 862. The van der Waals surface area contributed by atoms with E-state index in [9.17, 15) is 4.79 Å². The molecule has 0 saturated heterocycles. The van der Waals surface area contributed by atoms with Crippen LogP contribution >= 0.6 is 11.8 Å². The largest absolute Gasteiger partial charge is 0.497 e. The van der Waals surface area contributed by atoms with Crippen LogP contribution in [0.15, 0.2) is 83.8 Å². The van der Waals surface area contributed by atoms with Crippen LogP contribution in [0, 0.1) is 0 Å². The maximum atomic E-state index is 13.1. The van der Waals surface area contributed by atoms with Crippen molar-refractivity contribution >= 4 is 23.4 Å². The van der Waals surface area contributed by atoms with Gasteiger partial charge in [0.05, 0.1) is 14.2 Å². The SMILES string of the molecule is COc1cc(NC(=O)C(Sc2ccccc2)c2ccccc2)cc(OC)c1. The minimum absolute atomic E-state index is 0.106. The Kier molecular flexibility index (Phi) is 6.39. The third-order valence-electron chi connectivity index (χ3n) is 3.96. The van der Waals surface area contributed by atoms with Crippen LogP contribution in [0.4, 0.5) is 5.69 Å².